The maximum Gasteiger partial charge on any atom is 0.259 e. The zero-order valence-electron chi connectivity index (χ0n) is 24.3. The normalized spacial score (nSPS) is 18.7. The molecule has 46 heavy (non-hydrogen) atoms. The van der Waals surface area contributed by atoms with Crippen LogP contribution < -0.4 is 10.0 Å². The molecule has 0 saturated heterocycles. The predicted octanol–water partition coefficient (Wildman–Crippen LogP) is 9.06. The van der Waals surface area contributed by atoms with Crippen LogP contribution in [0.25, 0.3) is 22.5 Å². The van der Waals surface area contributed by atoms with Crippen LogP contribution in [0.2, 0.25) is 15.1 Å². The first-order chi connectivity index (χ1) is 22.2. The number of carbonyl (C=O) groups is 2. The first-order valence-electron chi connectivity index (χ1n) is 14.1. The summed E-state index contributed by atoms with van der Waals surface area (Å²) < 4.78 is 0. The molecule has 230 valence electrons. The largest absolute Gasteiger partial charge is 0.272 e. The maximum absolute atomic E-state index is 14.2. The van der Waals surface area contributed by atoms with Crippen molar-refractivity contribution < 1.29 is 9.59 Å². The van der Waals surface area contributed by atoms with E-state index in [1.54, 1.807) is 36.4 Å². The summed E-state index contributed by atoms with van der Waals surface area (Å²) in [7, 11) is 0. The zero-order chi connectivity index (χ0) is 32.1. The number of hydrazone groups is 2. The minimum absolute atomic E-state index is 0.271. The number of aromatic nitrogens is 2. The Balaban J connectivity index is 1.21. The number of hydrogen-bond acceptors (Lipinski definition) is 8. The lowest BCUT2D eigenvalue weighted by Gasteiger charge is -2.28. The fourth-order valence-corrected chi connectivity index (χ4v) is 7.71. The summed E-state index contributed by atoms with van der Waals surface area (Å²) in [4.78, 5) is 37.9. The highest BCUT2D eigenvalue weighted by atomic mass is 35.5. The summed E-state index contributed by atoms with van der Waals surface area (Å²) in [6.45, 7) is 3.62. The molecule has 0 fully saturated rings. The van der Waals surface area contributed by atoms with Gasteiger partial charge in [-0.2, -0.15) is 20.2 Å². The number of halogens is 3. The van der Waals surface area contributed by atoms with Crippen LogP contribution in [0, 0.1) is 11.8 Å². The van der Waals surface area contributed by atoms with Gasteiger partial charge in [0.15, 0.2) is 0 Å². The lowest BCUT2D eigenvalue weighted by Crippen LogP contribution is -2.40. The van der Waals surface area contributed by atoms with E-state index in [0.717, 1.165) is 16.7 Å². The Kier molecular flexibility index (Phi) is 8.25. The van der Waals surface area contributed by atoms with Gasteiger partial charge < -0.3 is 0 Å². The Morgan fingerprint density at radius 3 is 1.37 bits per heavy atom. The number of carbonyl (C=O) groups excluding carboxylic acids is 2. The van der Waals surface area contributed by atoms with Crippen LogP contribution in [0.1, 0.15) is 25.3 Å². The molecule has 13 heteroatoms. The van der Waals surface area contributed by atoms with Crippen molar-refractivity contribution in [3.8, 4) is 22.5 Å². The predicted molar refractivity (Wildman–Crippen MR) is 187 cm³/mol. The molecule has 8 nitrogen and oxygen atoms in total. The second-order valence-corrected chi connectivity index (χ2v) is 13.8. The molecule has 4 heterocycles. The Bertz CT molecular complexity index is 1900. The fourth-order valence-electron chi connectivity index (χ4n) is 5.75. The van der Waals surface area contributed by atoms with Gasteiger partial charge in [-0.15, -0.1) is 22.7 Å². The van der Waals surface area contributed by atoms with Gasteiger partial charge in [0.05, 0.1) is 23.2 Å². The smallest absolute Gasteiger partial charge is 0.259 e. The molecule has 0 radical (unpaired) electrons. The minimum atomic E-state index is -0.746. The molecule has 0 bridgehead atoms. The topological polar surface area (TPSA) is 91.1 Å². The van der Waals surface area contributed by atoms with Crippen molar-refractivity contribution in [3.05, 3.63) is 104 Å². The number of hydrogen-bond donors (Lipinski definition) is 0. The molecule has 2 atom stereocenters. The summed E-state index contributed by atoms with van der Waals surface area (Å²) >= 11 is 21.0. The molecule has 0 aliphatic carbocycles. The van der Waals surface area contributed by atoms with Crippen molar-refractivity contribution in [3.63, 3.8) is 0 Å². The van der Waals surface area contributed by atoms with Crippen LogP contribution in [0.5, 0.6) is 0 Å². The van der Waals surface area contributed by atoms with Crippen molar-refractivity contribution in [1.82, 2.24) is 9.97 Å². The van der Waals surface area contributed by atoms with E-state index in [1.165, 1.54) is 32.7 Å². The van der Waals surface area contributed by atoms with Gasteiger partial charge in [0.2, 0.25) is 10.3 Å². The third kappa shape index (κ3) is 5.65. The van der Waals surface area contributed by atoms with Crippen molar-refractivity contribution >= 4 is 91.0 Å². The second kappa shape index (κ2) is 12.4. The van der Waals surface area contributed by atoms with E-state index in [9.17, 15) is 9.59 Å². The lowest BCUT2D eigenvalue weighted by atomic mass is 9.73. The quantitative estimate of drug-likeness (QED) is 0.169. The summed E-state index contributed by atoms with van der Waals surface area (Å²) in [5, 5.41) is 18.4. The lowest BCUT2D eigenvalue weighted by molar-refractivity contribution is -0.122. The monoisotopic (exact) mass is 704 g/mol. The third-order valence-corrected chi connectivity index (χ3v) is 10.4. The average Bonchev–Trinajstić information content (AvgIpc) is 3.84. The van der Waals surface area contributed by atoms with Gasteiger partial charge in [0.1, 0.15) is 0 Å². The highest BCUT2D eigenvalue weighted by molar-refractivity contribution is 7.14. The fraction of sp³-hybridized carbons (Fsp3) is 0.152. The van der Waals surface area contributed by atoms with E-state index in [-0.39, 0.29) is 11.8 Å². The van der Waals surface area contributed by atoms with Gasteiger partial charge in [-0.3, -0.25) is 9.59 Å². The summed E-state index contributed by atoms with van der Waals surface area (Å²) in [6.07, 6.45) is 0. The Morgan fingerprint density at radius 1 is 0.609 bits per heavy atom. The Labute approximate surface area is 287 Å². The molecule has 2 aliphatic rings. The zero-order valence-corrected chi connectivity index (χ0v) is 28.2. The van der Waals surface area contributed by atoms with E-state index in [4.69, 9.17) is 44.8 Å². The standard InChI is InChI=1S/C33H23Cl3N6O2S2/c1-17-27(30(43)41(39-17)32-37-25(15-45-32)19-3-9-22(34)10-4-19)29(21-7-13-24(36)14-8-21)28-18(2)40-42(31(28)44)33-38-26(16-46-33)20-5-11-23(35)12-6-20/h3-16,27-29H,1-2H3. The van der Waals surface area contributed by atoms with Crippen LogP contribution in [0.4, 0.5) is 10.3 Å². The van der Waals surface area contributed by atoms with E-state index in [0.29, 0.717) is 48.1 Å². The molecule has 0 saturated carbocycles. The van der Waals surface area contributed by atoms with Gasteiger partial charge >= 0.3 is 0 Å². The average molecular weight is 706 g/mol. The molecule has 2 aromatic heterocycles. The van der Waals surface area contributed by atoms with E-state index in [2.05, 4.69) is 10.2 Å². The van der Waals surface area contributed by atoms with E-state index < -0.39 is 17.8 Å². The highest BCUT2D eigenvalue weighted by Gasteiger charge is 2.50. The Morgan fingerprint density at radius 2 is 0.978 bits per heavy atom. The van der Waals surface area contributed by atoms with Gasteiger partial charge in [-0.1, -0.05) is 71.2 Å². The molecule has 2 aliphatic heterocycles. The van der Waals surface area contributed by atoms with E-state index in [1.807, 2.05) is 61.0 Å². The number of amides is 2. The molecule has 5 aromatic rings. The molecule has 2 unspecified atom stereocenters. The molecule has 2 amide bonds. The second-order valence-electron chi connectivity index (χ2n) is 10.9. The van der Waals surface area contributed by atoms with Crippen LogP contribution in [-0.4, -0.2) is 33.2 Å². The van der Waals surface area contributed by atoms with Crippen molar-refractivity contribution in [1.29, 1.82) is 0 Å². The number of benzene rings is 3. The maximum atomic E-state index is 14.2. The molecule has 3 aromatic carbocycles. The van der Waals surface area contributed by atoms with Gasteiger partial charge in [0.25, 0.3) is 11.8 Å². The molecule has 0 N–H and O–H groups in total. The van der Waals surface area contributed by atoms with Gasteiger partial charge in [-0.25, -0.2) is 9.97 Å². The molecule has 7 rings (SSSR count). The first kappa shape index (κ1) is 30.7. The molecular formula is C33H23Cl3N6O2S2. The van der Waals surface area contributed by atoms with Crippen LogP contribution >= 0.6 is 57.5 Å². The summed E-state index contributed by atoms with van der Waals surface area (Å²) in [5.74, 6) is -2.64. The molecule has 0 spiro atoms. The first-order valence-corrected chi connectivity index (χ1v) is 17.0. The van der Waals surface area contributed by atoms with Gasteiger partial charge in [0, 0.05) is 54.3 Å². The minimum Gasteiger partial charge on any atom is -0.272 e. The SMILES string of the molecule is CC1=NN(c2nc(-c3ccc(Cl)cc3)cs2)C(=O)C1C(c1ccc(Cl)cc1)C1C(=O)N(c2nc(-c3ccc(Cl)cc3)cs2)N=C1C. The van der Waals surface area contributed by atoms with Crippen molar-refractivity contribution in [2.24, 2.45) is 22.0 Å². The van der Waals surface area contributed by atoms with Crippen LogP contribution in [-0.2, 0) is 9.59 Å². The number of rotatable bonds is 7. The number of anilines is 2. The van der Waals surface area contributed by atoms with Crippen LogP contribution in [0.15, 0.2) is 93.8 Å². The number of thiazole rings is 2. The van der Waals surface area contributed by atoms with E-state index >= 15 is 0 Å². The summed E-state index contributed by atoms with van der Waals surface area (Å²) in [5.41, 5.74) is 5.09. The van der Waals surface area contributed by atoms with Crippen LogP contribution in [0.3, 0.4) is 0 Å². The van der Waals surface area contributed by atoms with Gasteiger partial charge in [-0.05, 0) is 55.8 Å². The third-order valence-electron chi connectivity index (χ3n) is 7.96. The van der Waals surface area contributed by atoms with Crippen molar-refractivity contribution in [2.75, 3.05) is 10.0 Å². The highest BCUT2D eigenvalue weighted by Crippen LogP contribution is 2.44. The van der Waals surface area contributed by atoms with Crippen molar-refractivity contribution in [2.45, 2.75) is 19.8 Å². The molecular weight excluding hydrogens is 683 g/mol. The summed E-state index contributed by atoms with van der Waals surface area (Å²) in [6, 6.07) is 21.9. The number of nitrogens with zero attached hydrogens (tertiary/aromatic N) is 6. The Hall–Kier alpha value is -3.93.